The van der Waals surface area contributed by atoms with Gasteiger partial charge in [-0.1, -0.05) is 19.8 Å². The summed E-state index contributed by atoms with van der Waals surface area (Å²) in [6.45, 7) is 2.55. The second-order valence-electron chi connectivity index (χ2n) is 7.93. The van der Waals surface area contributed by atoms with Crippen LogP contribution in [0.1, 0.15) is 45.4 Å². The highest BCUT2D eigenvalue weighted by molar-refractivity contribution is 5.99. The van der Waals surface area contributed by atoms with Crippen LogP contribution in [0.4, 0.5) is 10.5 Å². The number of carbonyl (C=O) groups is 3. The van der Waals surface area contributed by atoms with E-state index in [0.29, 0.717) is 43.0 Å². The zero-order valence-corrected chi connectivity index (χ0v) is 17.9. The van der Waals surface area contributed by atoms with Crippen LogP contribution in [0.15, 0.2) is 18.2 Å². The van der Waals surface area contributed by atoms with Gasteiger partial charge in [0.2, 0.25) is 11.8 Å². The highest BCUT2D eigenvalue weighted by Crippen LogP contribution is 2.35. The number of fused-ring (bicyclic) bond motifs is 1. The number of hydrogen-bond donors (Lipinski definition) is 2. The summed E-state index contributed by atoms with van der Waals surface area (Å²) in [7, 11) is 3.10. The molecule has 0 spiro atoms. The number of urea groups is 1. The predicted molar refractivity (Wildman–Crippen MR) is 113 cm³/mol. The fraction of sp³-hybridized carbons (Fsp3) is 0.591. The molecule has 0 aromatic heterocycles. The zero-order valence-electron chi connectivity index (χ0n) is 17.9. The fourth-order valence-corrected chi connectivity index (χ4v) is 4.29. The molecule has 3 atom stereocenters. The van der Waals surface area contributed by atoms with Gasteiger partial charge in [0, 0.05) is 30.3 Å². The molecule has 2 fully saturated rings. The average Bonchev–Trinajstić information content (AvgIpc) is 2.75. The molecule has 3 rings (SSSR count). The van der Waals surface area contributed by atoms with Gasteiger partial charge in [0.1, 0.15) is 0 Å². The molecule has 1 heterocycles. The Morgan fingerprint density at radius 1 is 1.17 bits per heavy atom. The van der Waals surface area contributed by atoms with Gasteiger partial charge in [0.05, 0.1) is 20.1 Å². The second-order valence-corrected chi connectivity index (χ2v) is 7.93. The largest absolute Gasteiger partial charge is 0.493 e. The van der Waals surface area contributed by atoms with E-state index in [1.165, 1.54) is 4.90 Å². The average molecular weight is 418 g/mol. The molecule has 0 bridgehead atoms. The SMILES string of the molecule is CCCCCN1C(=O)NC2CC(C(=O)Nc3ccc(OC)c(OC)c3)CCC2C1=O. The number of nitrogens with zero attached hydrogens (tertiary/aromatic N) is 1. The number of rotatable bonds is 8. The molecule has 164 valence electrons. The molecule has 2 aliphatic rings. The van der Waals surface area contributed by atoms with Crippen molar-refractivity contribution in [2.45, 2.75) is 51.5 Å². The van der Waals surface area contributed by atoms with Crippen LogP contribution in [0.3, 0.4) is 0 Å². The summed E-state index contributed by atoms with van der Waals surface area (Å²) >= 11 is 0. The van der Waals surface area contributed by atoms with E-state index in [0.717, 1.165) is 19.3 Å². The molecule has 1 aromatic carbocycles. The third-order valence-electron chi connectivity index (χ3n) is 5.99. The van der Waals surface area contributed by atoms with E-state index in [4.69, 9.17) is 9.47 Å². The van der Waals surface area contributed by atoms with Crippen LogP contribution in [-0.4, -0.2) is 49.6 Å². The predicted octanol–water partition coefficient (Wildman–Crippen LogP) is 3.17. The van der Waals surface area contributed by atoms with Crippen LogP contribution in [0, 0.1) is 11.8 Å². The maximum atomic E-state index is 12.8. The monoisotopic (exact) mass is 417 g/mol. The van der Waals surface area contributed by atoms with E-state index in [1.54, 1.807) is 32.4 Å². The van der Waals surface area contributed by atoms with Crippen molar-refractivity contribution in [2.24, 2.45) is 11.8 Å². The molecule has 1 aliphatic heterocycles. The van der Waals surface area contributed by atoms with Crippen molar-refractivity contribution in [1.29, 1.82) is 0 Å². The number of unbranched alkanes of at least 4 members (excludes halogenated alkanes) is 2. The normalized spacial score (nSPS) is 23.4. The Balaban J connectivity index is 1.60. The standard InChI is InChI=1S/C22H31N3O5/c1-4-5-6-11-25-21(27)16-9-7-14(12-17(16)24-22(25)28)20(26)23-15-8-10-18(29-2)19(13-15)30-3/h8,10,13-14,16-17H,4-7,9,11-12H2,1-3H3,(H,23,26)(H,24,28). The quantitative estimate of drug-likeness (QED) is 0.633. The molecular formula is C22H31N3O5. The van der Waals surface area contributed by atoms with Gasteiger partial charge in [-0.15, -0.1) is 0 Å². The Labute approximate surface area is 177 Å². The van der Waals surface area contributed by atoms with Crippen molar-refractivity contribution in [2.75, 3.05) is 26.1 Å². The number of hydrogen-bond acceptors (Lipinski definition) is 5. The number of anilines is 1. The topological polar surface area (TPSA) is 97.0 Å². The van der Waals surface area contributed by atoms with Crippen molar-refractivity contribution in [3.8, 4) is 11.5 Å². The zero-order chi connectivity index (χ0) is 21.7. The maximum Gasteiger partial charge on any atom is 0.324 e. The Hall–Kier alpha value is -2.77. The van der Waals surface area contributed by atoms with E-state index < -0.39 is 0 Å². The lowest BCUT2D eigenvalue weighted by Crippen LogP contribution is -2.62. The van der Waals surface area contributed by atoms with Crippen molar-refractivity contribution < 1.29 is 23.9 Å². The number of ether oxygens (including phenoxy) is 2. The molecule has 0 radical (unpaired) electrons. The number of methoxy groups -OCH3 is 2. The smallest absolute Gasteiger partial charge is 0.324 e. The van der Waals surface area contributed by atoms with Gasteiger partial charge >= 0.3 is 6.03 Å². The number of amides is 4. The van der Waals surface area contributed by atoms with Crippen LogP contribution in [-0.2, 0) is 9.59 Å². The fourth-order valence-electron chi connectivity index (χ4n) is 4.29. The van der Waals surface area contributed by atoms with Crippen LogP contribution >= 0.6 is 0 Å². The molecule has 1 saturated heterocycles. The van der Waals surface area contributed by atoms with E-state index in [-0.39, 0.29) is 35.7 Å². The Morgan fingerprint density at radius 2 is 1.93 bits per heavy atom. The maximum absolute atomic E-state index is 12.8. The van der Waals surface area contributed by atoms with E-state index in [2.05, 4.69) is 17.6 Å². The molecule has 2 N–H and O–H groups in total. The van der Waals surface area contributed by atoms with Crippen LogP contribution in [0.25, 0.3) is 0 Å². The number of benzene rings is 1. The number of carbonyl (C=O) groups excluding carboxylic acids is 3. The third kappa shape index (κ3) is 4.68. The molecule has 1 saturated carbocycles. The van der Waals surface area contributed by atoms with E-state index in [9.17, 15) is 14.4 Å². The van der Waals surface area contributed by atoms with Gasteiger partial charge in [-0.2, -0.15) is 0 Å². The first-order chi connectivity index (χ1) is 14.5. The summed E-state index contributed by atoms with van der Waals surface area (Å²) in [6.07, 6.45) is 4.52. The summed E-state index contributed by atoms with van der Waals surface area (Å²) < 4.78 is 10.5. The van der Waals surface area contributed by atoms with Gasteiger partial charge < -0.3 is 20.1 Å². The number of nitrogens with one attached hydrogen (secondary N) is 2. The first-order valence-corrected chi connectivity index (χ1v) is 10.6. The molecule has 8 heteroatoms. The third-order valence-corrected chi connectivity index (χ3v) is 5.99. The Bertz CT molecular complexity index is 797. The molecular weight excluding hydrogens is 386 g/mol. The summed E-state index contributed by atoms with van der Waals surface area (Å²) in [4.78, 5) is 39.4. The Morgan fingerprint density at radius 3 is 2.63 bits per heavy atom. The van der Waals surface area contributed by atoms with Gasteiger partial charge in [-0.25, -0.2) is 4.79 Å². The summed E-state index contributed by atoms with van der Waals surface area (Å²) in [5.74, 6) is 0.398. The summed E-state index contributed by atoms with van der Waals surface area (Å²) in [6, 6.07) is 4.58. The minimum atomic E-state index is -0.335. The van der Waals surface area contributed by atoms with Crippen LogP contribution < -0.4 is 20.1 Å². The van der Waals surface area contributed by atoms with Crippen molar-refractivity contribution in [3.05, 3.63) is 18.2 Å². The van der Waals surface area contributed by atoms with Gasteiger partial charge in [0.25, 0.3) is 0 Å². The minimum absolute atomic E-state index is 0.0985. The first kappa shape index (κ1) is 21.9. The summed E-state index contributed by atoms with van der Waals surface area (Å²) in [5.41, 5.74) is 0.616. The summed E-state index contributed by atoms with van der Waals surface area (Å²) in [5, 5.41) is 5.87. The lowest BCUT2D eigenvalue weighted by Gasteiger charge is -2.42. The van der Waals surface area contributed by atoms with Crippen LogP contribution in [0.2, 0.25) is 0 Å². The van der Waals surface area contributed by atoms with Gasteiger partial charge in [-0.05, 0) is 37.8 Å². The number of imide groups is 1. The second kappa shape index (κ2) is 9.82. The van der Waals surface area contributed by atoms with Crippen molar-refractivity contribution in [1.82, 2.24) is 10.2 Å². The minimum Gasteiger partial charge on any atom is -0.493 e. The Kier molecular flexibility index (Phi) is 7.18. The van der Waals surface area contributed by atoms with Gasteiger partial charge in [0.15, 0.2) is 11.5 Å². The highest BCUT2D eigenvalue weighted by Gasteiger charge is 2.45. The van der Waals surface area contributed by atoms with E-state index in [1.807, 2.05) is 0 Å². The molecule has 3 unspecified atom stereocenters. The molecule has 1 aliphatic carbocycles. The molecule has 4 amide bonds. The highest BCUT2D eigenvalue weighted by atomic mass is 16.5. The van der Waals surface area contributed by atoms with Gasteiger partial charge in [-0.3, -0.25) is 14.5 Å². The lowest BCUT2D eigenvalue weighted by molar-refractivity contribution is -0.138. The lowest BCUT2D eigenvalue weighted by atomic mass is 9.76. The van der Waals surface area contributed by atoms with Crippen molar-refractivity contribution >= 4 is 23.5 Å². The van der Waals surface area contributed by atoms with E-state index >= 15 is 0 Å². The molecule has 30 heavy (non-hydrogen) atoms. The molecule has 8 nitrogen and oxygen atoms in total. The van der Waals surface area contributed by atoms with Crippen LogP contribution in [0.5, 0.6) is 11.5 Å². The first-order valence-electron chi connectivity index (χ1n) is 10.6. The van der Waals surface area contributed by atoms with Crippen molar-refractivity contribution in [3.63, 3.8) is 0 Å². The molecule has 1 aromatic rings.